The van der Waals surface area contributed by atoms with Gasteiger partial charge in [-0.3, -0.25) is 14.8 Å². The highest BCUT2D eigenvalue weighted by atomic mass is 19.1. The molecule has 4 rings (SSSR count). The molecule has 132 valence electrons. The van der Waals surface area contributed by atoms with Gasteiger partial charge in [-0.2, -0.15) is 0 Å². The maximum atomic E-state index is 13.1. The van der Waals surface area contributed by atoms with Crippen LogP contribution in [-0.2, 0) is 0 Å². The minimum Gasteiger partial charge on any atom is -0.370 e. The zero-order valence-corrected chi connectivity index (χ0v) is 14.3. The normalized spacial score (nSPS) is 15.1. The summed E-state index contributed by atoms with van der Waals surface area (Å²) < 4.78 is 13.1. The summed E-state index contributed by atoms with van der Waals surface area (Å²) in [5.74, 6) is -0.255. The van der Waals surface area contributed by atoms with Gasteiger partial charge >= 0.3 is 0 Å². The Bertz CT molecular complexity index is 923. The minimum atomic E-state index is -0.238. The zero-order valence-electron chi connectivity index (χ0n) is 14.3. The molecule has 1 aliphatic heterocycles. The first-order valence-corrected chi connectivity index (χ1v) is 8.72. The van der Waals surface area contributed by atoms with Crippen LogP contribution in [0.2, 0.25) is 0 Å². The van der Waals surface area contributed by atoms with Crippen molar-refractivity contribution >= 4 is 22.6 Å². The number of hydrogen-bond acceptors (Lipinski definition) is 4. The molecule has 0 spiro atoms. The average molecular weight is 350 g/mol. The molecular weight excluding hydrogens is 331 g/mol. The van der Waals surface area contributed by atoms with Gasteiger partial charge in [0.15, 0.2) is 0 Å². The molecule has 0 aliphatic carbocycles. The van der Waals surface area contributed by atoms with Crippen molar-refractivity contribution in [3.8, 4) is 0 Å². The number of rotatable bonds is 2. The van der Waals surface area contributed by atoms with E-state index in [1.54, 1.807) is 24.5 Å². The Balaban J connectivity index is 1.53. The van der Waals surface area contributed by atoms with Crippen LogP contribution in [0.3, 0.4) is 0 Å². The van der Waals surface area contributed by atoms with Crippen LogP contribution in [-0.4, -0.2) is 47.0 Å². The van der Waals surface area contributed by atoms with Crippen LogP contribution < -0.4 is 4.90 Å². The predicted molar refractivity (Wildman–Crippen MR) is 98.7 cm³/mol. The predicted octanol–water partition coefficient (Wildman–Crippen LogP) is 3.12. The monoisotopic (exact) mass is 350 g/mol. The maximum absolute atomic E-state index is 13.1. The third kappa shape index (κ3) is 3.22. The van der Waals surface area contributed by atoms with Crippen molar-refractivity contribution in [1.82, 2.24) is 14.9 Å². The lowest BCUT2D eigenvalue weighted by Gasteiger charge is -2.24. The lowest BCUT2D eigenvalue weighted by Crippen LogP contribution is -2.35. The molecule has 2 heterocycles. The molecule has 2 aromatic carbocycles. The van der Waals surface area contributed by atoms with Crippen molar-refractivity contribution in [2.75, 3.05) is 31.1 Å². The first-order chi connectivity index (χ1) is 12.7. The second-order valence-electron chi connectivity index (χ2n) is 6.34. The highest BCUT2D eigenvalue weighted by Gasteiger charge is 2.22. The number of benzene rings is 2. The Morgan fingerprint density at radius 3 is 2.58 bits per heavy atom. The fourth-order valence-electron chi connectivity index (χ4n) is 3.37. The van der Waals surface area contributed by atoms with Gasteiger partial charge in [0.25, 0.3) is 5.91 Å². The molecule has 0 N–H and O–H groups in total. The summed E-state index contributed by atoms with van der Waals surface area (Å²) in [5, 5.41) is 0. The number of carbonyl (C=O) groups is 1. The van der Waals surface area contributed by atoms with Crippen molar-refractivity contribution in [2.45, 2.75) is 6.42 Å². The number of amides is 1. The van der Waals surface area contributed by atoms with E-state index in [1.807, 2.05) is 23.1 Å². The van der Waals surface area contributed by atoms with E-state index < -0.39 is 0 Å². The molecule has 0 bridgehead atoms. The Hall–Kier alpha value is -3.02. The first kappa shape index (κ1) is 16.4. The third-order valence-corrected chi connectivity index (χ3v) is 4.70. The zero-order chi connectivity index (χ0) is 17.9. The van der Waals surface area contributed by atoms with Gasteiger partial charge in [0.05, 0.1) is 11.1 Å². The number of carbonyl (C=O) groups excluding carboxylic acids is 1. The molecule has 3 aromatic rings. The van der Waals surface area contributed by atoms with Gasteiger partial charge in [0.2, 0.25) is 0 Å². The molecule has 0 saturated carbocycles. The van der Waals surface area contributed by atoms with Crippen LogP contribution in [0.5, 0.6) is 0 Å². The van der Waals surface area contributed by atoms with Crippen molar-refractivity contribution in [2.24, 2.45) is 0 Å². The van der Waals surface area contributed by atoms with Crippen LogP contribution in [0.1, 0.15) is 16.8 Å². The fourth-order valence-corrected chi connectivity index (χ4v) is 3.37. The molecule has 0 radical (unpaired) electrons. The summed E-state index contributed by atoms with van der Waals surface area (Å²) in [6, 6.07) is 12.0. The van der Waals surface area contributed by atoms with Crippen molar-refractivity contribution in [3.63, 3.8) is 0 Å². The fraction of sp³-hybridized carbons (Fsp3) is 0.250. The number of fused-ring (bicyclic) bond motifs is 1. The topological polar surface area (TPSA) is 49.3 Å². The van der Waals surface area contributed by atoms with Gasteiger partial charge in [-0.1, -0.05) is 6.07 Å². The van der Waals surface area contributed by atoms with Gasteiger partial charge in [-0.25, -0.2) is 4.39 Å². The van der Waals surface area contributed by atoms with Crippen LogP contribution in [0.15, 0.2) is 54.9 Å². The smallest absolute Gasteiger partial charge is 0.256 e. The summed E-state index contributed by atoms with van der Waals surface area (Å²) in [6.07, 6.45) is 4.10. The van der Waals surface area contributed by atoms with E-state index in [2.05, 4.69) is 14.9 Å². The lowest BCUT2D eigenvalue weighted by atomic mass is 10.1. The molecule has 1 saturated heterocycles. The van der Waals surface area contributed by atoms with Gasteiger partial charge in [0.1, 0.15) is 11.3 Å². The van der Waals surface area contributed by atoms with Crippen molar-refractivity contribution in [1.29, 1.82) is 0 Å². The molecule has 26 heavy (non-hydrogen) atoms. The molecule has 0 atom stereocenters. The molecule has 1 aliphatic rings. The summed E-state index contributed by atoms with van der Waals surface area (Å²) in [7, 11) is 0. The molecule has 6 heteroatoms. The maximum Gasteiger partial charge on any atom is 0.256 e. The number of halogens is 1. The van der Waals surface area contributed by atoms with Crippen LogP contribution >= 0.6 is 0 Å². The third-order valence-electron chi connectivity index (χ3n) is 4.70. The van der Waals surface area contributed by atoms with E-state index in [4.69, 9.17) is 0 Å². The molecular formula is C20H19FN4O. The van der Waals surface area contributed by atoms with Gasteiger partial charge in [-0.05, 0) is 42.8 Å². The van der Waals surface area contributed by atoms with Gasteiger partial charge in [-0.15, -0.1) is 0 Å². The average Bonchev–Trinajstić information content (AvgIpc) is 2.94. The number of para-hydroxylation sites is 1. The molecule has 1 aromatic heterocycles. The van der Waals surface area contributed by atoms with Gasteiger partial charge < -0.3 is 9.80 Å². The number of nitrogens with zero attached hydrogens (tertiary/aromatic N) is 4. The van der Waals surface area contributed by atoms with E-state index in [-0.39, 0.29) is 11.7 Å². The molecule has 0 unspecified atom stereocenters. The SMILES string of the molecule is O=C(c1cccc2nccnc12)N1CCCN(c2ccc(F)cc2)CC1. The largest absolute Gasteiger partial charge is 0.370 e. The summed E-state index contributed by atoms with van der Waals surface area (Å²) in [6.45, 7) is 2.86. The van der Waals surface area contributed by atoms with E-state index in [1.165, 1.54) is 12.1 Å². The summed E-state index contributed by atoms with van der Waals surface area (Å²) in [4.78, 5) is 25.7. The van der Waals surface area contributed by atoms with Crippen molar-refractivity contribution in [3.05, 3.63) is 66.2 Å². The minimum absolute atomic E-state index is 0.0166. The second-order valence-corrected chi connectivity index (χ2v) is 6.34. The van der Waals surface area contributed by atoms with E-state index in [0.717, 1.165) is 24.2 Å². The van der Waals surface area contributed by atoms with Crippen LogP contribution in [0.25, 0.3) is 11.0 Å². The molecule has 1 amide bonds. The molecule has 1 fully saturated rings. The quantitative estimate of drug-likeness (QED) is 0.713. The van der Waals surface area contributed by atoms with E-state index in [0.29, 0.717) is 30.7 Å². The Morgan fingerprint density at radius 1 is 0.923 bits per heavy atom. The van der Waals surface area contributed by atoms with E-state index in [9.17, 15) is 9.18 Å². The summed E-state index contributed by atoms with van der Waals surface area (Å²) >= 11 is 0. The van der Waals surface area contributed by atoms with Crippen LogP contribution in [0, 0.1) is 5.82 Å². The molecule has 5 nitrogen and oxygen atoms in total. The van der Waals surface area contributed by atoms with Crippen LogP contribution in [0.4, 0.5) is 10.1 Å². The Kier molecular flexibility index (Phi) is 4.48. The second kappa shape index (κ2) is 7.07. The lowest BCUT2D eigenvalue weighted by molar-refractivity contribution is 0.0769. The van der Waals surface area contributed by atoms with Gasteiger partial charge in [0, 0.05) is 44.3 Å². The highest BCUT2D eigenvalue weighted by Crippen LogP contribution is 2.20. The number of hydrogen-bond donors (Lipinski definition) is 0. The Morgan fingerprint density at radius 2 is 1.73 bits per heavy atom. The van der Waals surface area contributed by atoms with Crippen molar-refractivity contribution < 1.29 is 9.18 Å². The number of anilines is 1. The Labute approximate surface area is 151 Å². The summed E-state index contributed by atoms with van der Waals surface area (Å²) in [5.41, 5.74) is 2.93. The standard InChI is InChI=1S/C20H19FN4O/c21-15-5-7-16(8-6-15)24-11-2-12-25(14-13-24)20(26)17-3-1-4-18-19(17)23-10-9-22-18/h1,3-10H,2,11-14H2. The highest BCUT2D eigenvalue weighted by molar-refractivity contribution is 6.04. The number of aromatic nitrogens is 2. The van der Waals surface area contributed by atoms with E-state index >= 15 is 0 Å². The first-order valence-electron chi connectivity index (χ1n) is 8.72.